The number of anilines is 1. The van der Waals surface area contributed by atoms with Crippen LogP contribution in [0.5, 0.6) is 5.75 Å². The van der Waals surface area contributed by atoms with E-state index in [4.69, 9.17) is 33.7 Å². The van der Waals surface area contributed by atoms with Crippen LogP contribution < -0.4 is 20.7 Å². The third-order valence-electron chi connectivity index (χ3n) is 6.88. The summed E-state index contributed by atoms with van der Waals surface area (Å²) in [7, 11) is 0. The van der Waals surface area contributed by atoms with Crippen molar-refractivity contribution in [3.63, 3.8) is 0 Å². The highest BCUT2D eigenvalue weighted by Gasteiger charge is 2.33. The van der Waals surface area contributed by atoms with E-state index < -0.39 is 0 Å². The Hall–Kier alpha value is -3.26. The highest BCUT2D eigenvalue weighted by Crippen LogP contribution is 2.40. The Labute approximate surface area is 239 Å². The van der Waals surface area contributed by atoms with Gasteiger partial charge in [0.2, 0.25) is 0 Å². The van der Waals surface area contributed by atoms with Crippen LogP contribution in [0, 0.1) is 0 Å². The van der Waals surface area contributed by atoms with Crippen molar-refractivity contribution in [1.82, 2.24) is 10.2 Å². The topological polar surface area (TPSA) is 87.9 Å². The van der Waals surface area contributed by atoms with E-state index in [1.165, 1.54) is 0 Å². The second-order valence-electron chi connectivity index (χ2n) is 9.31. The standard InChI is InChI=1S/C30H34Cl2N4O3/c1-3-22-19-35(30(38)24-11-10-21(31)18-25(24)32)16-17-36(22)26-13-12-23(20-8-6-5-7-9-20)28(39-4-2)27(26)29(37)34-15-14-33/h5-13,18,22H,3-4,14-17,19,33H2,1-2H3,(H,34,37)/t22-/m1/s1. The van der Waals surface area contributed by atoms with Crippen LogP contribution in [-0.2, 0) is 0 Å². The van der Waals surface area contributed by atoms with Crippen molar-refractivity contribution in [2.24, 2.45) is 5.73 Å². The van der Waals surface area contributed by atoms with Gasteiger partial charge in [-0.15, -0.1) is 0 Å². The minimum Gasteiger partial charge on any atom is -0.492 e. The molecule has 1 fully saturated rings. The summed E-state index contributed by atoms with van der Waals surface area (Å²) in [5.41, 5.74) is 9.18. The minimum atomic E-state index is -0.238. The molecule has 3 aromatic carbocycles. The number of amides is 2. The summed E-state index contributed by atoms with van der Waals surface area (Å²) < 4.78 is 6.16. The lowest BCUT2D eigenvalue weighted by Gasteiger charge is -2.43. The number of benzene rings is 3. The third-order valence-corrected chi connectivity index (χ3v) is 7.43. The number of halogens is 2. The van der Waals surface area contributed by atoms with Crippen LogP contribution in [-0.4, -0.2) is 62.1 Å². The van der Waals surface area contributed by atoms with E-state index in [-0.39, 0.29) is 17.9 Å². The summed E-state index contributed by atoms with van der Waals surface area (Å²) in [4.78, 5) is 31.0. The molecule has 1 aliphatic rings. The number of carbonyl (C=O) groups is 2. The molecule has 1 heterocycles. The van der Waals surface area contributed by atoms with Crippen molar-refractivity contribution in [3.8, 4) is 16.9 Å². The summed E-state index contributed by atoms with van der Waals surface area (Å²) >= 11 is 12.4. The number of piperazine rings is 1. The predicted molar refractivity (Wildman–Crippen MR) is 158 cm³/mol. The number of hydrogen-bond donors (Lipinski definition) is 2. The summed E-state index contributed by atoms with van der Waals surface area (Å²) in [5, 5.41) is 3.75. The Morgan fingerprint density at radius 2 is 1.82 bits per heavy atom. The van der Waals surface area contributed by atoms with Gasteiger partial charge < -0.3 is 25.6 Å². The first-order valence-corrected chi connectivity index (χ1v) is 14.0. The molecule has 0 unspecified atom stereocenters. The van der Waals surface area contributed by atoms with Crippen LogP contribution in [0.15, 0.2) is 60.7 Å². The number of ether oxygens (including phenoxy) is 1. The van der Waals surface area contributed by atoms with E-state index in [0.717, 1.165) is 23.2 Å². The Bertz CT molecular complexity index is 1320. The predicted octanol–water partition coefficient (Wildman–Crippen LogP) is 5.49. The molecule has 1 atom stereocenters. The van der Waals surface area contributed by atoms with Crippen molar-refractivity contribution in [1.29, 1.82) is 0 Å². The van der Waals surface area contributed by atoms with E-state index in [0.29, 0.717) is 66.3 Å². The normalized spacial score (nSPS) is 15.3. The van der Waals surface area contributed by atoms with Gasteiger partial charge in [0.25, 0.3) is 11.8 Å². The molecule has 0 aromatic heterocycles. The monoisotopic (exact) mass is 568 g/mol. The van der Waals surface area contributed by atoms with Crippen LogP contribution in [0.4, 0.5) is 5.69 Å². The number of nitrogens with zero attached hydrogens (tertiary/aromatic N) is 2. The molecule has 1 aliphatic heterocycles. The first kappa shape index (κ1) is 28.7. The maximum atomic E-state index is 13.6. The second-order valence-corrected chi connectivity index (χ2v) is 10.2. The molecule has 0 spiro atoms. The number of hydrogen-bond acceptors (Lipinski definition) is 5. The van der Waals surface area contributed by atoms with Gasteiger partial charge >= 0.3 is 0 Å². The molecule has 3 aromatic rings. The molecule has 3 N–H and O–H groups in total. The second kappa shape index (κ2) is 13.2. The zero-order valence-electron chi connectivity index (χ0n) is 22.3. The van der Waals surface area contributed by atoms with Gasteiger partial charge in [0, 0.05) is 49.4 Å². The van der Waals surface area contributed by atoms with Crippen molar-refractivity contribution in [2.45, 2.75) is 26.3 Å². The number of carbonyl (C=O) groups excluding carboxylic acids is 2. The molecule has 9 heteroatoms. The lowest BCUT2D eigenvalue weighted by molar-refractivity contribution is 0.0720. The highest BCUT2D eigenvalue weighted by molar-refractivity contribution is 6.36. The molecule has 7 nitrogen and oxygen atoms in total. The summed E-state index contributed by atoms with van der Waals surface area (Å²) in [5.74, 6) is 0.167. The van der Waals surface area contributed by atoms with E-state index in [1.54, 1.807) is 18.2 Å². The first-order chi connectivity index (χ1) is 18.9. The summed E-state index contributed by atoms with van der Waals surface area (Å²) in [6, 6.07) is 18.8. The van der Waals surface area contributed by atoms with E-state index in [1.807, 2.05) is 54.3 Å². The van der Waals surface area contributed by atoms with E-state index >= 15 is 0 Å². The van der Waals surface area contributed by atoms with Crippen molar-refractivity contribution in [2.75, 3.05) is 44.2 Å². The fourth-order valence-corrected chi connectivity index (χ4v) is 5.47. The highest BCUT2D eigenvalue weighted by atomic mass is 35.5. The fourth-order valence-electron chi connectivity index (χ4n) is 4.98. The molecule has 1 saturated heterocycles. The first-order valence-electron chi connectivity index (χ1n) is 13.2. The molecule has 4 rings (SSSR count). The molecule has 0 radical (unpaired) electrons. The van der Waals surface area contributed by atoms with Crippen molar-refractivity contribution in [3.05, 3.63) is 81.8 Å². The number of nitrogens with one attached hydrogen (secondary N) is 1. The molecule has 0 aliphatic carbocycles. The molecule has 206 valence electrons. The van der Waals surface area contributed by atoms with Gasteiger partial charge in [0.05, 0.1) is 22.9 Å². The van der Waals surface area contributed by atoms with Crippen LogP contribution in [0.25, 0.3) is 11.1 Å². The number of rotatable bonds is 9. The van der Waals surface area contributed by atoms with Gasteiger partial charge in [-0.2, -0.15) is 0 Å². The Balaban J connectivity index is 1.72. The van der Waals surface area contributed by atoms with Crippen molar-refractivity contribution >= 4 is 40.7 Å². The van der Waals surface area contributed by atoms with Gasteiger partial charge in [0.15, 0.2) is 0 Å². The molecule has 0 saturated carbocycles. The van der Waals surface area contributed by atoms with Gasteiger partial charge in [-0.3, -0.25) is 9.59 Å². The van der Waals surface area contributed by atoms with Crippen LogP contribution in [0.2, 0.25) is 10.0 Å². The van der Waals surface area contributed by atoms with Gasteiger partial charge in [-0.05, 0) is 49.2 Å². The van der Waals surface area contributed by atoms with E-state index in [9.17, 15) is 9.59 Å². The molecule has 39 heavy (non-hydrogen) atoms. The van der Waals surface area contributed by atoms with Gasteiger partial charge in [-0.25, -0.2) is 0 Å². The van der Waals surface area contributed by atoms with Gasteiger partial charge in [0.1, 0.15) is 11.3 Å². The van der Waals surface area contributed by atoms with Crippen LogP contribution >= 0.6 is 23.2 Å². The zero-order chi connectivity index (χ0) is 27.9. The molecule has 0 bridgehead atoms. The molecular formula is C30H34Cl2N4O3. The fraction of sp³-hybridized carbons (Fsp3) is 0.333. The summed E-state index contributed by atoms with van der Waals surface area (Å²) in [6.45, 7) is 6.58. The van der Waals surface area contributed by atoms with Gasteiger partial charge in [-0.1, -0.05) is 60.5 Å². The Kier molecular flexibility index (Phi) is 9.73. The smallest absolute Gasteiger partial charge is 0.257 e. The lowest BCUT2D eigenvalue weighted by atomic mass is 9.97. The average Bonchev–Trinajstić information content (AvgIpc) is 2.95. The minimum absolute atomic E-state index is 0.0214. The van der Waals surface area contributed by atoms with E-state index in [2.05, 4.69) is 17.1 Å². The zero-order valence-corrected chi connectivity index (χ0v) is 23.8. The number of nitrogens with two attached hydrogens (primary N) is 1. The average molecular weight is 570 g/mol. The summed E-state index contributed by atoms with van der Waals surface area (Å²) in [6.07, 6.45) is 0.770. The van der Waals surface area contributed by atoms with Crippen LogP contribution in [0.3, 0.4) is 0 Å². The molecule has 2 amide bonds. The molecular weight excluding hydrogens is 535 g/mol. The Morgan fingerprint density at radius 1 is 1.05 bits per heavy atom. The Morgan fingerprint density at radius 3 is 2.49 bits per heavy atom. The van der Waals surface area contributed by atoms with Crippen molar-refractivity contribution < 1.29 is 14.3 Å². The largest absolute Gasteiger partial charge is 0.492 e. The maximum Gasteiger partial charge on any atom is 0.257 e. The van der Waals surface area contributed by atoms with Crippen LogP contribution in [0.1, 0.15) is 41.0 Å². The maximum absolute atomic E-state index is 13.6. The quantitative estimate of drug-likeness (QED) is 0.356. The lowest BCUT2D eigenvalue weighted by Crippen LogP contribution is -2.55. The third kappa shape index (κ3) is 6.32. The SMILES string of the molecule is CCOc1c(-c2ccccc2)ccc(N2CCN(C(=O)c3ccc(Cl)cc3Cl)C[C@H]2CC)c1C(=O)NCCN.